The summed E-state index contributed by atoms with van der Waals surface area (Å²) in [7, 11) is 0. The molecule has 1 N–H and O–H groups in total. The molecule has 3 heterocycles. The zero-order valence-electron chi connectivity index (χ0n) is 10.7. The van der Waals surface area contributed by atoms with Crippen LogP contribution in [0.1, 0.15) is 30.8 Å². The van der Waals surface area contributed by atoms with Gasteiger partial charge in [0.1, 0.15) is 11.0 Å². The number of nitrogens with zero attached hydrogens (tertiary/aromatic N) is 3. The van der Waals surface area contributed by atoms with Gasteiger partial charge in [-0.2, -0.15) is 0 Å². The summed E-state index contributed by atoms with van der Waals surface area (Å²) in [5, 5.41) is 4.23. The van der Waals surface area contributed by atoms with Crippen LogP contribution in [0.5, 0.6) is 0 Å². The monoisotopic (exact) mass is 266 g/mol. The molecule has 1 aromatic heterocycles. The van der Waals surface area contributed by atoms with Crippen molar-refractivity contribution in [1.82, 2.24) is 20.2 Å². The first kappa shape index (κ1) is 12.3. The zero-order chi connectivity index (χ0) is 12.5. The van der Waals surface area contributed by atoms with Crippen molar-refractivity contribution in [2.75, 3.05) is 13.1 Å². The van der Waals surface area contributed by atoms with Crippen LogP contribution in [0.25, 0.3) is 0 Å². The van der Waals surface area contributed by atoms with Gasteiger partial charge in [0.05, 0.1) is 6.54 Å². The average molecular weight is 267 g/mol. The summed E-state index contributed by atoms with van der Waals surface area (Å²) < 4.78 is 0. The Bertz CT molecular complexity index is 417. The quantitative estimate of drug-likeness (QED) is 0.829. The van der Waals surface area contributed by atoms with Crippen LogP contribution in [0.4, 0.5) is 0 Å². The largest absolute Gasteiger partial charge is 0.310 e. The number of rotatable bonds is 2. The van der Waals surface area contributed by atoms with Crippen LogP contribution in [-0.2, 0) is 6.54 Å². The lowest BCUT2D eigenvalue weighted by Crippen LogP contribution is -2.35. The number of fused-ring (bicyclic) bond motifs is 2. The van der Waals surface area contributed by atoms with Crippen LogP contribution >= 0.6 is 11.6 Å². The van der Waals surface area contributed by atoms with E-state index >= 15 is 0 Å². The third-order valence-electron chi connectivity index (χ3n) is 3.84. The molecule has 2 saturated heterocycles. The second-order valence-electron chi connectivity index (χ2n) is 5.41. The molecule has 3 rings (SSSR count). The third-order valence-corrected chi connectivity index (χ3v) is 4.04. The topological polar surface area (TPSA) is 41.1 Å². The maximum Gasteiger partial charge on any atom is 0.144 e. The van der Waals surface area contributed by atoms with E-state index in [9.17, 15) is 0 Å². The molecule has 0 radical (unpaired) electrons. The predicted molar refractivity (Wildman–Crippen MR) is 71.6 cm³/mol. The van der Waals surface area contributed by atoms with Gasteiger partial charge in [0.25, 0.3) is 0 Å². The lowest BCUT2D eigenvalue weighted by atomic mass is 10.1. The number of likely N-dealkylation sites (tertiary alicyclic amines) is 1. The Morgan fingerprint density at radius 1 is 1.33 bits per heavy atom. The highest BCUT2D eigenvalue weighted by Gasteiger charge is 2.29. The summed E-state index contributed by atoms with van der Waals surface area (Å²) in [5.41, 5.74) is 0.944. The summed E-state index contributed by atoms with van der Waals surface area (Å²) in [6, 6.07) is 3.18. The normalized spacial score (nSPS) is 28.3. The highest BCUT2D eigenvalue weighted by molar-refractivity contribution is 6.29. The minimum Gasteiger partial charge on any atom is -0.310 e. The Kier molecular flexibility index (Phi) is 3.50. The van der Waals surface area contributed by atoms with Gasteiger partial charge in [-0.05, 0) is 32.3 Å². The van der Waals surface area contributed by atoms with Gasteiger partial charge in [-0.1, -0.05) is 11.6 Å². The molecule has 2 unspecified atom stereocenters. The Morgan fingerprint density at radius 2 is 2.17 bits per heavy atom. The lowest BCUT2D eigenvalue weighted by molar-refractivity contribution is 0.245. The van der Waals surface area contributed by atoms with Crippen molar-refractivity contribution in [1.29, 1.82) is 0 Å². The van der Waals surface area contributed by atoms with Gasteiger partial charge in [0, 0.05) is 30.9 Å². The molecule has 2 atom stereocenters. The molecule has 2 bridgehead atoms. The van der Waals surface area contributed by atoms with E-state index in [4.69, 9.17) is 11.6 Å². The SMILES string of the molecule is Cc1cc(Cl)nc(CN2CCC3CCC(C2)N3)n1. The van der Waals surface area contributed by atoms with E-state index in [1.165, 1.54) is 19.3 Å². The fraction of sp³-hybridized carbons (Fsp3) is 0.692. The van der Waals surface area contributed by atoms with Crippen molar-refractivity contribution in [2.45, 2.75) is 44.8 Å². The highest BCUT2D eigenvalue weighted by Crippen LogP contribution is 2.21. The van der Waals surface area contributed by atoms with Gasteiger partial charge in [0.2, 0.25) is 0 Å². The number of halogens is 1. The molecule has 2 aliphatic heterocycles. The molecule has 1 aromatic rings. The maximum absolute atomic E-state index is 5.98. The fourth-order valence-electron chi connectivity index (χ4n) is 3.02. The van der Waals surface area contributed by atoms with Crippen molar-refractivity contribution in [2.24, 2.45) is 0 Å². The summed E-state index contributed by atoms with van der Waals surface area (Å²) in [6.45, 7) is 5.00. The molecule has 2 aliphatic rings. The second kappa shape index (κ2) is 5.11. The maximum atomic E-state index is 5.98. The van der Waals surface area contributed by atoms with E-state index in [1.807, 2.05) is 6.92 Å². The first-order valence-electron chi connectivity index (χ1n) is 6.67. The summed E-state index contributed by atoms with van der Waals surface area (Å²) >= 11 is 5.98. The minimum absolute atomic E-state index is 0.548. The van der Waals surface area contributed by atoms with E-state index in [1.54, 1.807) is 6.07 Å². The van der Waals surface area contributed by atoms with Gasteiger partial charge in [-0.3, -0.25) is 4.90 Å². The van der Waals surface area contributed by atoms with Gasteiger partial charge >= 0.3 is 0 Å². The van der Waals surface area contributed by atoms with E-state index in [-0.39, 0.29) is 0 Å². The predicted octanol–water partition coefficient (Wildman–Crippen LogP) is 1.76. The smallest absolute Gasteiger partial charge is 0.144 e. The standard InChI is InChI=1S/C13H19ClN4/c1-9-6-12(14)17-13(15-9)8-18-5-4-10-2-3-11(7-18)16-10/h6,10-11,16H,2-5,7-8H2,1H3. The van der Waals surface area contributed by atoms with Crippen LogP contribution in [0.2, 0.25) is 5.15 Å². The van der Waals surface area contributed by atoms with E-state index < -0.39 is 0 Å². The van der Waals surface area contributed by atoms with Crippen molar-refractivity contribution in [3.63, 3.8) is 0 Å². The summed E-state index contributed by atoms with van der Waals surface area (Å²) in [5.74, 6) is 0.845. The second-order valence-corrected chi connectivity index (χ2v) is 5.80. The lowest BCUT2D eigenvalue weighted by Gasteiger charge is -2.23. The number of hydrogen-bond donors (Lipinski definition) is 1. The molecule has 0 spiro atoms. The van der Waals surface area contributed by atoms with Crippen LogP contribution in [0.3, 0.4) is 0 Å². The summed E-state index contributed by atoms with van der Waals surface area (Å²) in [4.78, 5) is 11.2. The van der Waals surface area contributed by atoms with Crippen LogP contribution in [0, 0.1) is 6.92 Å². The molecule has 0 amide bonds. The molecular weight excluding hydrogens is 248 g/mol. The van der Waals surface area contributed by atoms with Crippen molar-refractivity contribution in [3.05, 3.63) is 22.7 Å². The van der Waals surface area contributed by atoms with E-state index in [0.29, 0.717) is 11.2 Å². The molecule has 0 saturated carbocycles. The van der Waals surface area contributed by atoms with Crippen LogP contribution in [-0.4, -0.2) is 40.0 Å². The highest BCUT2D eigenvalue weighted by atomic mass is 35.5. The third kappa shape index (κ3) is 2.82. The molecule has 18 heavy (non-hydrogen) atoms. The molecule has 0 aliphatic carbocycles. The van der Waals surface area contributed by atoms with Gasteiger partial charge in [-0.25, -0.2) is 9.97 Å². The molecular formula is C13H19ClN4. The number of hydrogen-bond acceptors (Lipinski definition) is 4. The first-order valence-corrected chi connectivity index (χ1v) is 7.05. The van der Waals surface area contributed by atoms with Gasteiger partial charge in [0.15, 0.2) is 0 Å². The zero-order valence-corrected chi connectivity index (χ0v) is 11.5. The molecule has 98 valence electrons. The molecule has 5 heteroatoms. The molecule has 0 aromatic carbocycles. The van der Waals surface area contributed by atoms with E-state index in [0.717, 1.165) is 37.2 Å². The molecule has 4 nitrogen and oxygen atoms in total. The van der Waals surface area contributed by atoms with Crippen molar-refractivity contribution < 1.29 is 0 Å². The Hall–Kier alpha value is -0.710. The minimum atomic E-state index is 0.548. The van der Waals surface area contributed by atoms with Crippen molar-refractivity contribution >= 4 is 11.6 Å². The number of nitrogens with one attached hydrogen (secondary N) is 1. The first-order chi connectivity index (χ1) is 8.69. The average Bonchev–Trinajstić information content (AvgIpc) is 2.61. The van der Waals surface area contributed by atoms with Gasteiger partial charge in [-0.15, -0.1) is 0 Å². The van der Waals surface area contributed by atoms with Gasteiger partial charge < -0.3 is 5.32 Å². The fourth-order valence-corrected chi connectivity index (χ4v) is 3.27. The van der Waals surface area contributed by atoms with E-state index in [2.05, 4.69) is 20.2 Å². The Labute approximate surface area is 113 Å². The number of aromatic nitrogens is 2. The molecule has 2 fully saturated rings. The summed E-state index contributed by atoms with van der Waals surface area (Å²) in [6.07, 6.45) is 3.87. The van der Waals surface area contributed by atoms with Crippen LogP contribution < -0.4 is 5.32 Å². The number of aryl methyl sites for hydroxylation is 1. The van der Waals surface area contributed by atoms with Crippen LogP contribution in [0.15, 0.2) is 6.07 Å². The Morgan fingerprint density at radius 3 is 3.00 bits per heavy atom. The Balaban J connectivity index is 1.68. The van der Waals surface area contributed by atoms with Crippen molar-refractivity contribution in [3.8, 4) is 0 Å².